The lowest BCUT2D eigenvalue weighted by molar-refractivity contribution is -0.130. The molecule has 1 aromatic carbocycles. The molecule has 4 heteroatoms. The molecule has 2 heterocycles. The van der Waals surface area contributed by atoms with Gasteiger partial charge in [0.15, 0.2) is 0 Å². The fourth-order valence-corrected chi connectivity index (χ4v) is 2.98. The van der Waals surface area contributed by atoms with Gasteiger partial charge in [-0.2, -0.15) is 0 Å². The van der Waals surface area contributed by atoms with E-state index in [-0.39, 0.29) is 18.1 Å². The van der Waals surface area contributed by atoms with Crippen molar-refractivity contribution < 1.29 is 14.3 Å². The van der Waals surface area contributed by atoms with Crippen molar-refractivity contribution in [2.24, 2.45) is 5.92 Å². The molecule has 0 saturated carbocycles. The maximum atomic E-state index is 12.0. The van der Waals surface area contributed by atoms with Gasteiger partial charge in [-0.15, -0.1) is 0 Å². The Morgan fingerprint density at radius 2 is 2.00 bits per heavy atom. The SMILES string of the molecule is O=C(NC[C@H]1CCO[C@@H]1c1ccccc1)[C@@H]1CCCO1. The van der Waals surface area contributed by atoms with Crippen molar-refractivity contribution in [3.05, 3.63) is 35.9 Å². The smallest absolute Gasteiger partial charge is 0.249 e. The first-order chi connectivity index (χ1) is 9.84. The summed E-state index contributed by atoms with van der Waals surface area (Å²) in [6.45, 7) is 2.13. The van der Waals surface area contributed by atoms with E-state index in [0.29, 0.717) is 19.1 Å². The van der Waals surface area contributed by atoms with Crippen LogP contribution in [0.2, 0.25) is 0 Å². The summed E-state index contributed by atoms with van der Waals surface area (Å²) in [5.41, 5.74) is 1.20. The molecule has 1 amide bonds. The lowest BCUT2D eigenvalue weighted by Gasteiger charge is -2.20. The zero-order valence-electron chi connectivity index (χ0n) is 11.6. The largest absolute Gasteiger partial charge is 0.373 e. The van der Waals surface area contributed by atoms with Gasteiger partial charge in [0, 0.05) is 25.7 Å². The summed E-state index contributed by atoms with van der Waals surface area (Å²) >= 11 is 0. The summed E-state index contributed by atoms with van der Waals surface area (Å²) < 4.78 is 11.2. The minimum absolute atomic E-state index is 0.0289. The lowest BCUT2D eigenvalue weighted by atomic mass is 9.95. The van der Waals surface area contributed by atoms with Crippen LogP contribution in [0, 0.1) is 5.92 Å². The Kier molecular flexibility index (Phi) is 4.33. The molecule has 0 bridgehead atoms. The lowest BCUT2D eigenvalue weighted by Crippen LogP contribution is -2.37. The van der Waals surface area contributed by atoms with Gasteiger partial charge in [-0.25, -0.2) is 0 Å². The highest BCUT2D eigenvalue weighted by Crippen LogP contribution is 2.33. The average molecular weight is 275 g/mol. The van der Waals surface area contributed by atoms with E-state index in [1.54, 1.807) is 0 Å². The Morgan fingerprint density at radius 1 is 1.15 bits per heavy atom. The second-order valence-corrected chi connectivity index (χ2v) is 5.50. The normalized spacial score (nSPS) is 29.5. The highest BCUT2D eigenvalue weighted by molar-refractivity contribution is 5.80. The van der Waals surface area contributed by atoms with Crippen molar-refractivity contribution in [2.45, 2.75) is 31.5 Å². The number of amides is 1. The maximum absolute atomic E-state index is 12.0. The highest BCUT2D eigenvalue weighted by Gasteiger charge is 2.31. The summed E-state index contributed by atoms with van der Waals surface area (Å²) in [7, 11) is 0. The summed E-state index contributed by atoms with van der Waals surface area (Å²) in [6, 6.07) is 10.2. The number of carbonyl (C=O) groups is 1. The van der Waals surface area contributed by atoms with Crippen LogP contribution in [0.1, 0.15) is 30.9 Å². The predicted molar refractivity (Wildman–Crippen MR) is 75.2 cm³/mol. The minimum Gasteiger partial charge on any atom is -0.373 e. The first kappa shape index (κ1) is 13.6. The van der Waals surface area contributed by atoms with Crippen LogP contribution in [0.25, 0.3) is 0 Å². The summed E-state index contributed by atoms with van der Waals surface area (Å²) in [5, 5.41) is 3.02. The summed E-state index contributed by atoms with van der Waals surface area (Å²) in [6.07, 6.45) is 2.67. The molecule has 2 aliphatic heterocycles. The average Bonchev–Trinajstić information content (AvgIpc) is 3.17. The quantitative estimate of drug-likeness (QED) is 0.915. The number of hydrogen-bond acceptors (Lipinski definition) is 3. The molecule has 2 aliphatic rings. The number of ether oxygens (including phenoxy) is 2. The minimum atomic E-state index is -0.243. The van der Waals surface area contributed by atoms with Gasteiger partial charge in [0.25, 0.3) is 0 Å². The van der Waals surface area contributed by atoms with Gasteiger partial charge in [0.05, 0.1) is 6.10 Å². The molecule has 3 rings (SSSR count). The fourth-order valence-electron chi connectivity index (χ4n) is 2.98. The Balaban J connectivity index is 1.55. The molecule has 2 fully saturated rings. The van der Waals surface area contributed by atoms with E-state index < -0.39 is 0 Å². The molecule has 0 unspecified atom stereocenters. The van der Waals surface area contributed by atoms with E-state index in [0.717, 1.165) is 25.9 Å². The molecule has 1 aromatic rings. The molecule has 4 nitrogen and oxygen atoms in total. The van der Waals surface area contributed by atoms with Gasteiger partial charge >= 0.3 is 0 Å². The number of rotatable bonds is 4. The van der Waals surface area contributed by atoms with Crippen molar-refractivity contribution in [3.63, 3.8) is 0 Å². The van der Waals surface area contributed by atoms with Crippen molar-refractivity contribution >= 4 is 5.91 Å². The van der Waals surface area contributed by atoms with Gasteiger partial charge in [-0.3, -0.25) is 4.79 Å². The molecule has 108 valence electrons. The number of nitrogens with one attached hydrogen (secondary N) is 1. The van der Waals surface area contributed by atoms with Gasteiger partial charge in [-0.05, 0) is 24.8 Å². The highest BCUT2D eigenvalue weighted by atomic mass is 16.5. The van der Waals surface area contributed by atoms with Crippen LogP contribution in [0.5, 0.6) is 0 Å². The Hall–Kier alpha value is -1.39. The third-order valence-electron chi connectivity index (χ3n) is 4.10. The third kappa shape index (κ3) is 3.02. The van der Waals surface area contributed by atoms with Gasteiger partial charge in [-0.1, -0.05) is 30.3 Å². The van der Waals surface area contributed by atoms with Gasteiger partial charge in [0.2, 0.25) is 5.91 Å². The number of benzene rings is 1. The van der Waals surface area contributed by atoms with Crippen LogP contribution in [0.4, 0.5) is 0 Å². The summed E-state index contributed by atoms with van der Waals surface area (Å²) in [4.78, 5) is 12.0. The van der Waals surface area contributed by atoms with Crippen LogP contribution < -0.4 is 5.32 Å². The molecular formula is C16H21NO3. The van der Waals surface area contributed by atoms with Crippen LogP contribution in [0.15, 0.2) is 30.3 Å². The zero-order valence-corrected chi connectivity index (χ0v) is 11.6. The molecular weight excluding hydrogens is 254 g/mol. The second-order valence-electron chi connectivity index (χ2n) is 5.50. The predicted octanol–water partition coefficient (Wildman–Crippen LogP) is 2.06. The maximum Gasteiger partial charge on any atom is 0.249 e. The van der Waals surface area contributed by atoms with E-state index in [9.17, 15) is 4.79 Å². The topological polar surface area (TPSA) is 47.6 Å². The summed E-state index contributed by atoms with van der Waals surface area (Å²) in [5.74, 6) is 0.379. The molecule has 0 aliphatic carbocycles. The Labute approximate surface area is 119 Å². The van der Waals surface area contributed by atoms with Gasteiger partial charge < -0.3 is 14.8 Å². The molecule has 2 saturated heterocycles. The Bertz CT molecular complexity index is 442. The molecule has 0 aromatic heterocycles. The second kappa shape index (κ2) is 6.37. The van der Waals surface area contributed by atoms with Crippen LogP contribution in [-0.4, -0.2) is 31.8 Å². The molecule has 1 N–H and O–H groups in total. The van der Waals surface area contributed by atoms with Crippen molar-refractivity contribution in [1.29, 1.82) is 0 Å². The van der Waals surface area contributed by atoms with Crippen molar-refractivity contribution in [1.82, 2.24) is 5.32 Å². The first-order valence-electron chi connectivity index (χ1n) is 7.40. The number of hydrogen-bond donors (Lipinski definition) is 1. The van der Waals surface area contributed by atoms with E-state index >= 15 is 0 Å². The monoisotopic (exact) mass is 275 g/mol. The van der Waals surface area contributed by atoms with Crippen LogP contribution >= 0.6 is 0 Å². The van der Waals surface area contributed by atoms with E-state index in [4.69, 9.17) is 9.47 Å². The number of carbonyl (C=O) groups excluding carboxylic acids is 1. The van der Waals surface area contributed by atoms with E-state index in [1.165, 1.54) is 5.56 Å². The third-order valence-corrected chi connectivity index (χ3v) is 4.10. The van der Waals surface area contributed by atoms with Gasteiger partial charge in [0.1, 0.15) is 6.10 Å². The van der Waals surface area contributed by atoms with Crippen LogP contribution in [-0.2, 0) is 14.3 Å². The van der Waals surface area contributed by atoms with Crippen molar-refractivity contribution in [2.75, 3.05) is 19.8 Å². The van der Waals surface area contributed by atoms with E-state index in [1.807, 2.05) is 18.2 Å². The standard InChI is InChI=1S/C16H21NO3/c18-16(14-7-4-9-19-14)17-11-13-8-10-20-15(13)12-5-2-1-3-6-12/h1-3,5-6,13-15H,4,7-11H2,(H,17,18)/t13-,14+,15-/m1/s1. The first-order valence-corrected chi connectivity index (χ1v) is 7.40. The molecule has 20 heavy (non-hydrogen) atoms. The van der Waals surface area contributed by atoms with E-state index in [2.05, 4.69) is 17.4 Å². The molecule has 3 atom stereocenters. The van der Waals surface area contributed by atoms with Crippen LogP contribution in [0.3, 0.4) is 0 Å². The fraction of sp³-hybridized carbons (Fsp3) is 0.562. The Morgan fingerprint density at radius 3 is 2.75 bits per heavy atom. The zero-order chi connectivity index (χ0) is 13.8. The van der Waals surface area contributed by atoms with Crippen molar-refractivity contribution in [3.8, 4) is 0 Å². The molecule has 0 radical (unpaired) electrons. The molecule has 0 spiro atoms.